The maximum Gasteiger partial charge on any atom is 0.328 e. The first-order valence-electron chi connectivity index (χ1n) is 5.17. The van der Waals surface area contributed by atoms with Gasteiger partial charge in [-0.1, -0.05) is 25.2 Å². The van der Waals surface area contributed by atoms with Gasteiger partial charge in [0.2, 0.25) is 5.13 Å². The van der Waals surface area contributed by atoms with E-state index < -0.39 is 0 Å². The highest BCUT2D eigenvalue weighted by Crippen LogP contribution is 2.17. The first-order valence-corrected chi connectivity index (χ1v) is 5.99. The number of carbonyl (C=O) groups is 1. The molecular formula is C10H17N3O2S. The van der Waals surface area contributed by atoms with Crippen LogP contribution in [0, 0.1) is 12.8 Å². The Bertz CT molecular complexity index is 352. The lowest BCUT2D eigenvalue weighted by Crippen LogP contribution is -2.32. The molecule has 1 aromatic heterocycles. The van der Waals surface area contributed by atoms with Crippen molar-refractivity contribution in [1.82, 2.24) is 10.2 Å². The van der Waals surface area contributed by atoms with Crippen LogP contribution in [-0.4, -0.2) is 29.3 Å². The summed E-state index contributed by atoms with van der Waals surface area (Å²) in [6.07, 6.45) is 0.714. The van der Waals surface area contributed by atoms with E-state index in [1.54, 1.807) is 0 Å². The number of rotatable bonds is 5. The fraction of sp³-hybridized carbons (Fsp3) is 0.700. The number of nitrogens with zero attached hydrogens (tertiary/aromatic N) is 2. The summed E-state index contributed by atoms with van der Waals surface area (Å²) in [6, 6.07) is -0.350. The van der Waals surface area contributed by atoms with Crippen molar-refractivity contribution in [2.24, 2.45) is 5.92 Å². The third-order valence-corrected chi connectivity index (χ3v) is 2.79. The summed E-state index contributed by atoms with van der Waals surface area (Å²) in [7, 11) is 1.39. The van der Waals surface area contributed by atoms with Crippen LogP contribution in [0.1, 0.15) is 25.3 Å². The Morgan fingerprint density at radius 2 is 2.19 bits per heavy atom. The normalized spacial score (nSPS) is 12.6. The molecule has 1 heterocycles. The molecule has 0 aliphatic carbocycles. The van der Waals surface area contributed by atoms with Gasteiger partial charge >= 0.3 is 5.97 Å². The Kier molecular flexibility index (Phi) is 4.67. The first-order chi connectivity index (χ1) is 7.52. The van der Waals surface area contributed by atoms with Gasteiger partial charge in [0.1, 0.15) is 11.0 Å². The molecule has 1 aromatic rings. The Balaban J connectivity index is 2.66. The fourth-order valence-electron chi connectivity index (χ4n) is 1.33. The zero-order valence-corrected chi connectivity index (χ0v) is 10.8. The van der Waals surface area contributed by atoms with E-state index in [9.17, 15) is 4.79 Å². The zero-order valence-electron chi connectivity index (χ0n) is 9.98. The van der Waals surface area contributed by atoms with Crippen molar-refractivity contribution in [1.29, 1.82) is 0 Å². The van der Waals surface area contributed by atoms with Crippen LogP contribution in [0.25, 0.3) is 0 Å². The van der Waals surface area contributed by atoms with Gasteiger partial charge in [0.05, 0.1) is 7.11 Å². The van der Waals surface area contributed by atoms with Gasteiger partial charge in [-0.15, -0.1) is 10.2 Å². The summed E-state index contributed by atoms with van der Waals surface area (Å²) in [6.45, 7) is 5.99. The van der Waals surface area contributed by atoms with Crippen molar-refractivity contribution in [3.05, 3.63) is 5.01 Å². The van der Waals surface area contributed by atoms with Crippen molar-refractivity contribution in [2.75, 3.05) is 12.4 Å². The van der Waals surface area contributed by atoms with Gasteiger partial charge in [-0.3, -0.25) is 0 Å². The van der Waals surface area contributed by atoms with Crippen LogP contribution < -0.4 is 5.32 Å². The number of carbonyl (C=O) groups excluding carboxylic acids is 1. The van der Waals surface area contributed by atoms with E-state index in [2.05, 4.69) is 29.4 Å². The van der Waals surface area contributed by atoms with E-state index in [1.807, 2.05) is 6.92 Å². The largest absolute Gasteiger partial charge is 0.467 e. The summed E-state index contributed by atoms with van der Waals surface area (Å²) in [5.74, 6) is 0.146. The maximum absolute atomic E-state index is 11.5. The van der Waals surface area contributed by atoms with Crippen LogP contribution in [-0.2, 0) is 9.53 Å². The molecule has 0 bridgehead atoms. The standard InChI is InChI=1S/C10H17N3O2S/c1-6(2)5-8(9(14)15-4)11-10-13-12-7(3)16-10/h6,8H,5H2,1-4H3,(H,11,13). The highest BCUT2D eigenvalue weighted by molar-refractivity contribution is 7.15. The molecule has 90 valence electrons. The van der Waals surface area contributed by atoms with Gasteiger partial charge in [0.15, 0.2) is 0 Å². The zero-order chi connectivity index (χ0) is 12.1. The number of hydrogen-bond donors (Lipinski definition) is 1. The van der Waals surface area contributed by atoms with Crippen LogP contribution in [0.4, 0.5) is 5.13 Å². The summed E-state index contributed by atoms with van der Waals surface area (Å²) in [5, 5.41) is 12.4. The SMILES string of the molecule is COC(=O)C(CC(C)C)Nc1nnc(C)s1. The first kappa shape index (κ1) is 12.9. The van der Waals surface area contributed by atoms with Crippen LogP contribution in [0.5, 0.6) is 0 Å². The number of aryl methyl sites for hydroxylation is 1. The van der Waals surface area contributed by atoms with Crippen molar-refractivity contribution < 1.29 is 9.53 Å². The Hall–Kier alpha value is -1.17. The Morgan fingerprint density at radius 1 is 1.50 bits per heavy atom. The lowest BCUT2D eigenvalue weighted by atomic mass is 10.0. The number of anilines is 1. The van der Waals surface area contributed by atoms with Crippen LogP contribution in [0.3, 0.4) is 0 Å². The van der Waals surface area contributed by atoms with Crippen molar-refractivity contribution >= 4 is 22.4 Å². The number of nitrogens with one attached hydrogen (secondary N) is 1. The van der Waals surface area contributed by atoms with Crippen molar-refractivity contribution in [3.63, 3.8) is 0 Å². The van der Waals surface area contributed by atoms with E-state index >= 15 is 0 Å². The second-order valence-electron chi connectivity index (χ2n) is 3.98. The minimum Gasteiger partial charge on any atom is -0.467 e. The second-order valence-corrected chi connectivity index (χ2v) is 5.16. The smallest absolute Gasteiger partial charge is 0.328 e. The molecule has 0 saturated heterocycles. The molecule has 0 aliphatic heterocycles. The summed E-state index contributed by atoms with van der Waals surface area (Å²) in [4.78, 5) is 11.5. The third kappa shape index (κ3) is 3.77. The van der Waals surface area contributed by atoms with Gasteiger partial charge in [-0.05, 0) is 19.3 Å². The average Bonchev–Trinajstić information content (AvgIpc) is 2.61. The Labute approximate surface area is 99.2 Å². The highest BCUT2D eigenvalue weighted by atomic mass is 32.1. The predicted molar refractivity (Wildman–Crippen MR) is 63.5 cm³/mol. The molecule has 1 rings (SSSR count). The van der Waals surface area contributed by atoms with Crippen molar-refractivity contribution in [3.8, 4) is 0 Å². The van der Waals surface area contributed by atoms with Gasteiger partial charge in [-0.25, -0.2) is 4.79 Å². The molecule has 6 heteroatoms. The molecule has 0 fully saturated rings. The number of aromatic nitrogens is 2. The molecule has 1 unspecified atom stereocenters. The predicted octanol–water partition coefficient (Wildman–Crippen LogP) is 1.85. The molecular weight excluding hydrogens is 226 g/mol. The third-order valence-electron chi connectivity index (χ3n) is 2.02. The molecule has 0 amide bonds. The number of methoxy groups -OCH3 is 1. The van der Waals surface area contributed by atoms with Gasteiger partial charge < -0.3 is 10.1 Å². The second kappa shape index (κ2) is 5.79. The highest BCUT2D eigenvalue weighted by Gasteiger charge is 2.21. The summed E-state index contributed by atoms with van der Waals surface area (Å²) in [5.41, 5.74) is 0. The molecule has 16 heavy (non-hydrogen) atoms. The quantitative estimate of drug-likeness (QED) is 0.799. The van der Waals surface area contributed by atoms with Crippen LogP contribution in [0.15, 0.2) is 0 Å². The number of ether oxygens (including phenoxy) is 1. The van der Waals surface area contributed by atoms with Crippen molar-refractivity contribution in [2.45, 2.75) is 33.2 Å². The molecule has 5 nitrogen and oxygen atoms in total. The van der Waals surface area contributed by atoms with Gasteiger partial charge in [0.25, 0.3) is 0 Å². The summed E-state index contributed by atoms with van der Waals surface area (Å²) >= 11 is 1.43. The van der Waals surface area contributed by atoms with E-state index in [1.165, 1.54) is 18.4 Å². The van der Waals surface area contributed by atoms with E-state index in [0.29, 0.717) is 17.5 Å². The molecule has 1 N–H and O–H groups in total. The fourth-order valence-corrected chi connectivity index (χ4v) is 1.98. The number of hydrogen-bond acceptors (Lipinski definition) is 6. The number of esters is 1. The topological polar surface area (TPSA) is 64.1 Å². The van der Waals surface area contributed by atoms with Gasteiger partial charge in [0, 0.05) is 0 Å². The minimum absolute atomic E-state index is 0.262. The molecule has 0 radical (unpaired) electrons. The summed E-state index contributed by atoms with van der Waals surface area (Å²) < 4.78 is 4.75. The van der Waals surface area contributed by atoms with Gasteiger partial charge in [-0.2, -0.15) is 0 Å². The molecule has 1 atom stereocenters. The van der Waals surface area contributed by atoms with E-state index in [0.717, 1.165) is 5.01 Å². The van der Waals surface area contributed by atoms with Crippen LogP contribution in [0.2, 0.25) is 0 Å². The lowest BCUT2D eigenvalue weighted by molar-refractivity contribution is -0.141. The lowest BCUT2D eigenvalue weighted by Gasteiger charge is -2.17. The monoisotopic (exact) mass is 243 g/mol. The molecule has 0 spiro atoms. The Morgan fingerprint density at radius 3 is 2.62 bits per heavy atom. The molecule has 0 aromatic carbocycles. The minimum atomic E-state index is -0.350. The van der Waals surface area contributed by atoms with E-state index in [4.69, 9.17) is 4.74 Å². The molecule has 0 saturated carbocycles. The van der Waals surface area contributed by atoms with E-state index in [-0.39, 0.29) is 12.0 Å². The van der Waals surface area contributed by atoms with Crippen LogP contribution >= 0.6 is 11.3 Å². The maximum atomic E-state index is 11.5. The average molecular weight is 243 g/mol. The molecule has 0 aliphatic rings.